The second-order valence-corrected chi connectivity index (χ2v) is 4.75. The molecule has 0 saturated carbocycles. The van der Waals surface area contributed by atoms with Crippen molar-refractivity contribution in [3.8, 4) is 0 Å². The second-order valence-electron chi connectivity index (χ2n) is 4.21. The van der Waals surface area contributed by atoms with Crippen molar-refractivity contribution in [2.24, 2.45) is 0 Å². The number of hydrogen-bond acceptors (Lipinski definition) is 1. The summed E-state index contributed by atoms with van der Waals surface area (Å²) >= 11 is 12.3. The first-order valence-corrected chi connectivity index (χ1v) is 7.11. The fraction of sp³-hybridized carbons (Fsp3) is 0.571. The summed E-state index contributed by atoms with van der Waals surface area (Å²) < 4.78 is 5.37. The topological polar surface area (TPSA) is 9.23 Å². The molecule has 0 unspecified atom stereocenters. The van der Waals surface area contributed by atoms with E-state index >= 15 is 0 Å². The zero-order valence-corrected chi connectivity index (χ0v) is 11.8. The first kappa shape index (κ1) is 14.8. The van der Waals surface area contributed by atoms with Crippen LogP contribution in [-0.2, 0) is 10.2 Å². The van der Waals surface area contributed by atoms with Crippen LogP contribution in [0.1, 0.15) is 25.3 Å². The van der Waals surface area contributed by atoms with Gasteiger partial charge in [0.15, 0.2) is 0 Å². The average Bonchev–Trinajstić information content (AvgIpc) is 2.41. The molecular weight excluding hydrogens is 255 g/mol. The van der Waals surface area contributed by atoms with Crippen molar-refractivity contribution >= 4 is 23.2 Å². The van der Waals surface area contributed by atoms with Crippen LogP contribution < -0.4 is 0 Å². The summed E-state index contributed by atoms with van der Waals surface area (Å²) in [5.74, 6) is 1.10. The zero-order chi connectivity index (χ0) is 12.6. The molecule has 0 heterocycles. The zero-order valence-electron chi connectivity index (χ0n) is 10.3. The monoisotopic (exact) mass is 274 g/mol. The molecule has 0 aromatic heterocycles. The molecule has 0 saturated heterocycles. The third-order valence-corrected chi connectivity index (χ3v) is 4.07. The van der Waals surface area contributed by atoms with Gasteiger partial charge in [0.2, 0.25) is 0 Å². The molecule has 0 radical (unpaired) electrons. The van der Waals surface area contributed by atoms with Gasteiger partial charge in [-0.1, -0.05) is 30.3 Å². The van der Waals surface area contributed by atoms with E-state index in [2.05, 4.69) is 12.1 Å². The molecule has 1 rings (SSSR count). The van der Waals surface area contributed by atoms with Crippen LogP contribution in [0.5, 0.6) is 0 Å². The molecule has 0 fully saturated rings. The van der Waals surface area contributed by atoms with Crippen LogP contribution >= 0.6 is 23.2 Å². The summed E-state index contributed by atoms with van der Waals surface area (Å²) in [5.41, 5.74) is 1.10. The molecule has 0 N–H and O–H groups in total. The number of alkyl halides is 2. The van der Waals surface area contributed by atoms with Crippen molar-refractivity contribution in [1.29, 1.82) is 0 Å². The van der Waals surface area contributed by atoms with E-state index in [1.54, 1.807) is 0 Å². The summed E-state index contributed by atoms with van der Waals surface area (Å²) in [6, 6.07) is 10.3. The van der Waals surface area contributed by atoms with Crippen LogP contribution in [0.25, 0.3) is 0 Å². The fourth-order valence-electron chi connectivity index (χ4n) is 1.92. The predicted octanol–water partition coefficient (Wildman–Crippen LogP) is 4.22. The average molecular weight is 275 g/mol. The molecule has 0 aliphatic rings. The van der Waals surface area contributed by atoms with Gasteiger partial charge in [-0.25, -0.2) is 0 Å². The smallest absolute Gasteiger partial charge is 0.0466 e. The molecule has 0 atom stereocenters. The minimum Gasteiger partial charge on any atom is -0.382 e. The fourth-order valence-corrected chi connectivity index (χ4v) is 2.78. The maximum absolute atomic E-state index is 6.15. The van der Waals surface area contributed by atoms with Crippen molar-refractivity contribution in [2.45, 2.75) is 25.2 Å². The quantitative estimate of drug-likeness (QED) is 0.510. The van der Waals surface area contributed by atoms with Gasteiger partial charge >= 0.3 is 0 Å². The van der Waals surface area contributed by atoms with Crippen LogP contribution in [0.4, 0.5) is 0 Å². The van der Waals surface area contributed by atoms with Crippen LogP contribution in [0.3, 0.4) is 0 Å². The van der Waals surface area contributed by atoms with E-state index in [0.29, 0.717) is 11.8 Å². The highest BCUT2D eigenvalue weighted by molar-refractivity contribution is 6.22. The highest BCUT2D eigenvalue weighted by atomic mass is 35.5. The summed E-state index contributed by atoms with van der Waals surface area (Å²) in [7, 11) is 0. The van der Waals surface area contributed by atoms with Crippen molar-refractivity contribution in [2.75, 3.05) is 25.0 Å². The van der Waals surface area contributed by atoms with E-state index in [0.717, 1.165) is 26.1 Å². The lowest BCUT2D eigenvalue weighted by Crippen LogP contribution is -2.31. The second kappa shape index (κ2) is 7.97. The maximum atomic E-state index is 6.15. The summed E-state index contributed by atoms with van der Waals surface area (Å²) in [6.45, 7) is 3.55. The molecule has 96 valence electrons. The van der Waals surface area contributed by atoms with E-state index in [-0.39, 0.29) is 5.41 Å². The van der Waals surface area contributed by atoms with Crippen LogP contribution in [0.2, 0.25) is 0 Å². The molecule has 1 aromatic carbocycles. The first-order chi connectivity index (χ1) is 8.29. The summed E-state index contributed by atoms with van der Waals surface area (Å²) in [6.07, 6.45) is 1.95. The maximum Gasteiger partial charge on any atom is 0.0466 e. The Labute approximate surface area is 114 Å². The molecular formula is C14H20Cl2O. The van der Waals surface area contributed by atoms with E-state index in [1.807, 2.05) is 25.1 Å². The van der Waals surface area contributed by atoms with Gasteiger partial charge < -0.3 is 4.74 Å². The van der Waals surface area contributed by atoms with Crippen molar-refractivity contribution in [3.63, 3.8) is 0 Å². The van der Waals surface area contributed by atoms with Crippen molar-refractivity contribution in [1.82, 2.24) is 0 Å². The van der Waals surface area contributed by atoms with Gasteiger partial charge in [-0.3, -0.25) is 0 Å². The van der Waals surface area contributed by atoms with Gasteiger partial charge in [-0.2, -0.15) is 0 Å². The van der Waals surface area contributed by atoms with E-state index in [4.69, 9.17) is 27.9 Å². The molecule has 0 aliphatic carbocycles. The highest BCUT2D eigenvalue weighted by Crippen LogP contribution is 2.32. The van der Waals surface area contributed by atoms with Gasteiger partial charge in [0.25, 0.3) is 0 Å². The molecule has 0 aliphatic heterocycles. The standard InChI is InChI=1S/C14H20Cl2O/c1-2-17-10-6-9-14(11-15,12-16)13-7-4-3-5-8-13/h3-5,7-8H,2,6,9-12H2,1H3. The molecule has 0 amide bonds. The van der Waals surface area contributed by atoms with Gasteiger partial charge in [-0.05, 0) is 25.3 Å². The molecule has 1 aromatic rings. The van der Waals surface area contributed by atoms with Crippen molar-refractivity contribution in [3.05, 3.63) is 35.9 Å². The third kappa shape index (κ3) is 4.17. The van der Waals surface area contributed by atoms with E-state index in [1.165, 1.54) is 5.56 Å². The first-order valence-electron chi connectivity index (χ1n) is 6.04. The number of rotatable bonds is 8. The number of hydrogen-bond donors (Lipinski definition) is 0. The van der Waals surface area contributed by atoms with Gasteiger partial charge in [-0.15, -0.1) is 23.2 Å². The Kier molecular flexibility index (Phi) is 6.94. The SMILES string of the molecule is CCOCCCC(CCl)(CCl)c1ccccc1. The van der Waals surface area contributed by atoms with Gasteiger partial charge in [0.05, 0.1) is 0 Å². The molecule has 0 spiro atoms. The van der Waals surface area contributed by atoms with Crippen LogP contribution in [-0.4, -0.2) is 25.0 Å². The Morgan fingerprint density at radius 1 is 1.12 bits per heavy atom. The number of benzene rings is 1. The third-order valence-electron chi connectivity index (χ3n) is 3.05. The van der Waals surface area contributed by atoms with Gasteiger partial charge in [0, 0.05) is 30.4 Å². The Balaban J connectivity index is 2.68. The Hall–Kier alpha value is -0.240. The number of ether oxygens (including phenoxy) is 1. The van der Waals surface area contributed by atoms with E-state index < -0.39 is 0 Å². The normalized spacial score (nSPS) is 11.7. The molecule has 3 heteroatoms. The lowest BCUT2D eigenvalue weighted by Gasteiger charge is -2.30. The molecule has 1 nitrogen and oxygen atoms in total. The van der Waals surface area contributed by atoms with Crippen LogP contribution in [0.15, 0.2) is 30.3 Å². The van der Waals surface area contributed by atoms with E-state index in [9.17, 15) is 0 Å². The minimum absolute atomic E-state index is 0.124. The number of halogens is 2. The van der Waals surface area contributed by atoms with Gasteiger partial charge in [0.1, 0.15) is 0 Å². The minimum atomic E-state index is -0.124. The Morgan fingerprint density at radius 3 is 2.29 bits per heavy atom. The predicted molar refractivity (Wildman–Crippen MR) is 75.3 cm³/mol. The lowest BCUT2D eigenvalue weighted by molar-refractivity contribution is 0.139. The Morgan fingerprint density at radius 2 is 1.76 bits per heavy atom. The molecule has 17 heavy (non-hydrogen) atoms. The largest absolute Gasteiger partial charge is 0.382 e. The molecule has 0 bridgehead atoms. The lowest BCUT2D eigenvalue weighted by atomic mass is 9.80. The van der Waals surface area contributed by atoms with Crippen LogP contribution in [0, 0.1) is 0 Å². The highest BCUT2D eigenvalue weighted by Gasteiger charge is 2.29. The Bertz CT molecular complexity index is 296. The summed E-state index contributed by atoms with van der Waals surface area (Å²) in [5, 5.41) is 0. The van der Waals surface area contributed by atoms with Crippen molar-refractivity contribution < 1.29 is 4.74 Å². The summed E-state index contributed by atoms with van der Waals surface area (Å²) in [4.78, 5) is 0.